The van der Waals surface area contributed by atoms with Crippen molar-refractivity contribution in [1.29, 1.82) is 0 Å². The van der Waals surface area contributed by atoms with Crippen molar-refractivity contribution in [3.63, 3.8) is 0 Å². The first-order valence-electron chi connectivity index (χ1n) is 6.36. The summed E-state index contributed by atoms with van der Waals surface area (Å²) in [6.45, 7) is 6.77. The van der Waals surface area contributed by atoms with Crippen LogP contribution in [0.5, 0.6) is 0 Å². The summed E-state index contributed by atoms with van der Waals surface area (Å²) in [4.78, 5) is 2.55. The molecule has 1 aromatic rings. The fourth-order valence-electron chi connectivity index (χ4n) is 2.85. The van der Waals surface area contributed by atoms with Crippen LogP contribution in [0.2, 0.25) is 0 Å². The lowest BCUT2D eigenvalue weighted by atomic mass is 9.86. The number of anilines is 1. The highest BCUT2D eigenvalue weighted by Gasteiger charge is 2.23. The zero-order chi connectivity index (χ0) is 11.5. The Bertz CT molecular complexity index is 356. The molecule has 0 heterocycles. The number of benzene rings is 1. The van der Waals surface area contributed by atoms with Gasteiger partial charge in [-0.2, -0.15) is 0 Å². The SMILES string of the molecule is CCN(CC)C1CCc2cccc(N)c2C1. The van der Waals surface area contributed by atoms with Crippen molar-refractivity contribution in [1.82, 2.24) is 4.90 Å². The Labute approximate surface area is 98.4 Å². The molecule has 0 saturated carbocycles. The molecule has 0 spiro atoms. The highest BCUT2D eigenvalue weighted by atomic mass is 15.1. The quantitative estimate of drug-likeness (QED) is 0.790. The van der Waals surface area contributed by atoms with Gasteiger partial charge in [0.1, 0.15) is 0 Å². The Morgan fingerprint density at radius 1 is 1.31 bits per heavy atom. The van der Waals surface area contributed by atoms with Gasteiger partial charge in [-0.05, 0) is 49.5 Å². The molecule has 16 heavy (non-hydrogen) atoms. The fourth-order valence-corrected chi connectivity index (χ4v) is 2.85. The van der Waals surface area contributed by atoms with E-state index in [0.717, 1.165) is 25.2 Å². The molecule has 1 aliphatic carbocycles. The monoisotopic (exact) mass is 218 g/mol. The van der Waals surface area contributed by atoms with E-state index in [1.54, 1.807) is 0 Å². The minimum atomic E-state index is 0.687. The first kappa shape index (κ1) is 11.5. The van der Waals surface area contributed by atoms with Crippen LogP contribution >= 0.6 is 0 Å². The Morgan fingerprint density at radius 3 is 2.75 bits per heavy atom. The van der Waals surface area contributed by atoms with Crippen molar-refractivity contribution in [2.24, 2.45) is 0 Å². The van der Waals surface area contributed by atoms with E-state index in [2.05, 4.69) is 30.9 Å². The van der Waals surface area contributed by atoms with Gasteiger partial charge in [0.25, 0.3) is 0 Å². The Kier molecular flexibility index (Phi) is 3.49. The van der Waals surface area contributed by atoms with Crippen molar-refractivity contribution < 1.29 is 0 Å². The van der Waals surface area contributed by atoms with E-state index in [1.807, 2.05) is 6.07 Å². The number of likely N-dealkylation sites (N-methyl/N-ethyl adjacent to an activating group) is 1. The first-order chi connectivity index (χ1) is 7.76. The highest BCUT2D eigenvalue weighted by Crippen LogP contribution is 2.28. The Morgan fingerprint density at radius 2 is 2.06 bits per heavy atom. The van der Waals surface area contributed by atoms with Gasteiger partial charge in [-0.3, -0.25) is 0 Å². The second kappa shape index (κ2) is 4.88. The first-order valence-corrected chi connectivity index (χ1v) is 6.36. The second-order valence-electron chi connectivity index (χ2n) is 4.60. The molecule has 2 heteroatoms. The van der Waals surface area contributed by atoms with Crippen LogP contribution in [0, 0.1) is 0 Å². The van der Waals surface area contributed by atoms with Crippen molar-refractivity contribution >= 4 is 5.69 Å². The average molecular weight is 218 g/mol. The molecular weight excluding hydrogens is 196 g/mol. The molecule has 0 fully saturated rings. The van der Waals surface area contributed by atoms with E-state index in [0.29, 0.717) is 6.04 Å². The summed E-state index contributed by atoms with van der Waals surface area (Å²) in [6, 6.07) is 7.02. The molecule has 88 valence electrons. The summed E-state index contributed by atoms with van der Waals surface area (Å²) in [5, 5.41) is 0. The predicted octanol–water partition coefficient (Wildman–Crippen LogP) is 2.47. The molecule has 0 saturated heterocycles. The lowest BCUT2D eigenvalue weighted by Gasteiger charge is -2.34. The number of fused-ring (bicyclic) bond motifs is 1. The molecule has 0 radical (unpaired) electrons. The fraction of sp³-hybridized carbons (Fsp3) is 0.571. The van der Waals surface area contributed by atoms with Crippen LogP contribution in [0.3, 0.4) is 0 Å². The smallest absolute Gasteiger partial charge is 0.0349 e. The molecule has 1 aromatic carbocycles. The third kappa shape index (κ3) is 2.07. The highest BCUT2D eigenvalue weighted by molar-refractivity contribution is 5.52. The normalized spacial score (nSPS) is 19.8. The van der Waals surface area contributed by atoms with Crippen LogP contribution in [0.1, 0.15) is 31.4 Å². The van der Waals surface area contributed by atoms with Crippen molar-refractivity contribution in [2.75, 3.05) is 18.8 Å². The standard InChI is InChI=1S/C14H22N2/c1-3-16(4-2)12-9-8-11-6-5-7-14(15)13(11)10-12/h5-7,12H,3-4,8-10,15H2,1-2H3. The van der Waals surface area contributed by atoms with Crippen LogP contribution < -0.4 is 5.73 Å². The molecular formula is C14H22N2. The van der Waals surface area contributed by atoms with Crippen LogP contribution in [0.25, 0.3) is 0 Å². The van der Waals surface area contributed by atoms with E-state index < -0.39 is 0 Å². The minimum Gasteiger partial charge on any atom is -0.398 e. The summed E-state index contributed by atoms with van der Waals surface area (Å²) < 4.78 is 0. The van der Waals surface area contributed by atoms with Gasteiger partial charge >= 0.3 is 0 Å². The maximum absolute atomic E-state index is 6.07. The largest absolute Gasteiger partial charge is 0.398 e. The lowest BCUT2D eigenvalue weighted by molar-refractivity contribution is 0.199. The Hall–Kier alpha value is -1.02. The maximum Gasteiger partial charge on any atom is 0.0349 e. The minimum absolute atomic E-state index is 0.687. The van der Waals surface area contributed by atoms with Crippen molar-refractivity contribution in [3.05, 3.63) is 29.3 Å². The van der Waals surface area contributed by atoms with Crippen LogP contribution in [-0.4, -0.2) is 24.0 Å². The molecule has 0 aromatic heterocycles. The molecule has 1 aliphatic rings. The maximum atomic E-state index is 6.07. The number of nitrogens with zero attached hydrogens (tertiary/aromatic N) is 1. The number of nitrogen functional groups attached to an aromatic ring is 1. The van der Waals surface area contributed by atoms with E-state index in [4.69, 9.17) is 5.73 Å². The predicted molar refractivity (Wildman–Crippen MR) is 69.6 cm³/mol. The van der Waals surface area contributed by atoms with Gasteiger partial charge in [0.2, 0.25) is 0 Å². The van der Waals surface area contributed by atoms with Crippen molar-refractivity contribution in [3.8, 4) is 0 Å². The third-order valence-electron chi connectivity index (χ3n) is 3.82. The zero-order valence-corrected chi connectivity index (χ0v) is 10.4. The van der Waals surface area contributed by atoms with Gasteiger partial charge in [0, 0.05) is 11.7 Å². The summed E-state index contributed by atoms with van der Waals surface area (Å²) in [6.07, 6.45) is 3.59. The molecule has 1 atom stereocenters. The van der Waals surface area contributed by atoms with Crippen LogP contribution in [0.15, 0.2) is 18.2 Å². The molecule has 0 aliphatic heterocycles. The molecule has 1 unspecified atom stereocenters. The zero-order valence-electron chi connectivity index (χ0n) is 10.4. The number of hydrogen-bond donors (Lipinski definition) is 1. The lowest BCUT2D eigenvalue weighted by Crippen LogP contribution is -2.39. The second-order valence-corrected chi connectivity index (χ2v) is 4.60. The molecule has 2 N–H and O–H groups in total. The van der Waals surface area contributed by atoms with Gasteiger partial charge in [0.05, 0.1) is 0 Å². The number of rotatable bonds is 3. The van der Waals surface area contributed by atoms with E-state index in [1.165, 1.54) is 24.0 Å². The van der Waals surface area contributed by atoms with Gasteiger partial charge < -0.3 is 10.6 Å². The Balaban J connectivity index is 2.19. The van der Waals surface area contributed by atoms with Crippen molar-refractivity contribution in [2.45, 2.75) is 39.2 Å². The van der Waals surface area contributed by atoms with Crippen LogP contribution in [0.4, 0.5) is 5.69 Å². The summed E-state index contributed by atoms with van der Waals surface area (Å²) >= 11 is 0. The summed E-state index contributed by atoms with van der Waals surface area (Å²) in [5.74, 6) is 0. The molecule has 2 nitrogen and oxygen atoms in total. The van der Waals surface area contributed by atoms with E-state index >= 15 is 0 Å². The summed E-state index contributed by atoms with van der Waals surface area (Å²) in [5.41, 5.74) is 9.90. The van der Waals surface area contributed by atoms with Gasteiger partial charge in [0.15, 0.2) is 0 Å². The van der Waals surface area contributed by atoms with Gasteiger partial charge in [-0.1, -0.05) is 26.0 Å². The average Bonchev–Trinajstić information content (AvgIpc) is 2.32. The van der Waals surface area contributed by atoms with Gasteiger partial charge in [-0.25, -0.2) is 0 Å². The van der Waals surface area contributed by atoms with Crippen LogP contribution in [-0.2, 0) is 12.8 Å². The van der Waals surface area contributed by atoms with E-state index in [-0.39, 0.29) is 0 Å². The van der Waals surface area contributed by atoms with Gasteiger partial charge in [-0.15, -0.1) is 0 Å². The van der Waals surface area contributed by atoms with E-state index in [9.17, 15) is 0 Å². The number of hydrogen-bond acceptors (Lipinski definition) is 2. The molecule has 2 rings (SSSR count). The molecule has 0 amide bonds. The third-order valence-corrected chi connectivity index (χ3v) is 3.82. The topological polar surface area (TPSA) is 29.3 Å². The number of nitrogens with two attached hydrogens (primary N) is 1. The summed E-state index contributed by atoms with van der Waals surface area (Å²) in [7, 11) is 0. The number of aryl methyl sites for hydroxylation is 1. The molecule has 0 bridgehead atoms.